The number of para-hydroxylation sites is 1. The van der Waals surface area contributed by atoms with E-state index in [-0.39, 0.29) is 11.4 Å². The molecular formula is C16H10ClN3O2. The number of nitrogens with zero attached hydrogens (tertiary/aromatic N) is 3. The zero-order valence-electron chi connectivity index (χ0n) is 11.3. The number of halogens is 1. The van der Waals surface area contributed by atoms with Gasteiger partial charge in [-0.2, -0.15) is 0 Å². The molecule has 0 spiro atoms. The Balaban J connectivity index is 2.08. The van der Waals surface area contributed by atoms with Gasteiger partial charge in [-0.15, -0.1) is 10.2 Å². The van der Waals surface area contributed by atoms with Gasteiger partial charge in [-0.1, -0.05) is 48.0 Å². The van der Waals surface area contributed by atoms with E-state index in [2.05, 4.69) is 10.2 Å². The van der Waals surface area contributed by atoms with Crippen LogP contribution < -0.4 is 0 Å². The highest BCUT2D eigenvalue weighted by molar-refractivity contribution is 6.36. The highest BCUT2D eigenvalue weighted by Gasteiger charge is 2.11. The quantitative estimate of drug-likeness (QED) is 0.347. The third-order valence-corrected chi connectivity index (χ3v) is 3.52. The van der Waals surface area contributed by atoms with E-state index in [0.29, 0.717) is 10.7 Å². The van der Waals surface area contributed by atoms with Gasteiger partial charge in [-0.25, -0.2) is 0 Å². The lowest BCUT2D eigenvalue weighted by Gasteiger charge is -2.03. The molecule has 108 valence electrons. The molecule has 0 fully saturated rings. The van der Waals surface area contributed by atoms with Gasteiger partial charge in [0.1, 0.15) is 0 Å². The van der Waals surface area contributed by atoms with Crippen molar-refractivity contribution in [3.63, 3.8) is 0 Å². The summed E-state index contributed by atoms with van der Waals surface area (Å²) in [5, 5.41) is 21.5. The summed E-state index contributed by atoms with van der Waals surface area (Å²) in [5.74, 6) is 0. The highest BCUT2D eigenvalue weighted by Crippen LogP contribution is 2.34. The van der Waals surface area contributed by atoms with Crippen LogP contribution in [0.5, 0.6) is 0 Å². The van der Waals surface area contributed by atoms with Crippen LogP contribution >= 0.6 is 11.6 Å². The van der Waals surface area contributed by atoms with Crippen LogP contribution in [0, 0.1) is 10.1 Å². The van der Waals surface area contributed by atoms with Crippen LogP contribution in [0.3, 0.4) is 0 Å². The highest BCUT2D eigenvalue weighted by atomic mass is 35.5. The number of fused-ring (bicyclic) bond motifs is 1. The predicted octanol–water partition coefficient (Wildman–Crippen LogP) is 5.82. The monoisotopic (exact) mass is 311 g/mol. The van der Waals surface area contributed by atoms with Crippen molar-refractivity contribution in [2.45, 2.75) is 0 Å². The van der Waals surface area contributed by atoms with Gasteiger partial charge in [0.25, 0.3) is 5.69 Å². The average molecular weight is 312 g/mol. The van der Waals surface area contributed by atoms with Crippen LogP contribution in [-0.2, 0) is 0 Å². The minimum Gasteiger partial charge on any atom is -0.258 e. The van der Waals surface area contributed by atoms with Crippen molar-refractivity contribution in [1.29, 1.82) is 0 Å². The molecule has 0 amide bonds. The van der Waals surface area contributed by atoms with Crippen LogP contribution in [0.25, 0.3) is 10.8 Å². The van der Waals surface area contributed by atoms with Crippen LogP contribution in [-0.4, -0.2) is 4.92 Å². The van der Waals surface area contributed by atoms with Gasteiger partial charge < -0.3 is 0 Å². The molecule has 3 rings (SSSR count). The Kier molecular flexibility index (Phi) is 3.80. The first-order valence-corrected chi connectivity index (χ1v) is 6.87. The normalized spacial score (nSPS) is 11.1. The van der Waals surface area contributed by atoms with Crippen molar-refractivity contribution >= 4 is 39.4 Å². The summed E-state index contributed by atoms with van der Waals surface area (Å²) in [7, 11) is 0. The van der Waals surface area contributed by atoms with Gasteiger partial charge in [0.2, 0.25) is 0 Å². The second kappa shape index (κ2) is 5.91. The number of rotatable bonds is 3. The molecular weight excluding hydrogens is 302 g/mol. The fraction of sp³-hybridized carbons (Fsp3) is 0. The topological polar surface area (TPSA) is 67.9 Å². The molecule has 5 nitrogen and oxygen atoms in total. The molecule has 0 saturated carbocycles. The third-order valence-electron chi connectivity index (χ3n) is 3.19. The lowest BCUT2D eigenvalue weighted by molar-refractivity contribution is -0.384. The smallest absolute Gasteiger partial charge is 0.258 e. The Morgan fingerprint density at radius 1 is 0.818 bits per heavy atom. The summed E-state index contributed by atoms with van der Waals surface area (Å²) in [4.78, 5) is 10.5. The van der Waals surface area contributed by atoms with Crippen LogP contribution in [0.1, 0.15) is 0 Å². The number of nitro groups is 1. The van der Waals surface area contributed by atoms with Gasteiger partial charge in [-0.05, 0) is 18.2 Å². The second-order valence-corrected chi connectivity index (χ2v) is 4.97. The van der Waals surface area contributed by atoms with E-state index in [0.717, 1.165) is 10.8 Å². The fourth-order valence-corrected chi connectivity index (χ4v) is 2.37. The second-order valence-electron chi connectivity index (χ2n) is 4.56. The molecule has 0 aromatic heterocycles. The molecule has 3 aromatic rings. The van der Waals surface area contributed by atoms with E-state index < -0.39 is 4.92 Å². The van der Waals surface area contributed by atoms with Gasteiger partial charge in [0.05, 0.1) is 10.6 Å². The lowest BCUT2D eigenvalue weighted by Crippen LogP contribution is -1.87. The average Bonchev–Trinajstić information content (AvgIpc) is 2.55. The molecule has 0 aliphatic heterocycles. The molecule has 0 aliphatic carbocycles. The van der Waals surface area contributed by atoms with E-state index in [1.54, 1.807) is 30.3 Å². The fourth-order valence-electron chi connectivity index (χ4n) is 2.14. The summed E-state index contributed by atoms with van der Waals surface area (Å²) in [6, 6.07) is 17.2. The first-order valence-electron chi connectivity index (χ1n) is 6.49. The van der Waals surface area contributed by atoms with Gasteiger partial charge >= 0.3 is 0 Å². The summed E-state index contributed by atoms with van der Waals surface area (Å²) in [6.07, 6.45) is 0. The molecule has 3 aromatic carbocycles. The minimum absolute atomic E-state index is 0.0791. The summed E-state index contributed by atoms with van der Waals surface area (Å²) < 4.78 is 0. The van der Waals surface area contributed by atoms with Crippen molar-refractivity contribution in [3.8, 4) is 0 Å². The molecule has 0 aliphatic rings. The number of hydrogen-bond donors (Lipinski definition) is 0. The van der Waals surface area contributed by atoms with E-state index in [1.165, 1.54) is 6.07 Å². The van der Waals surface area contributed by atoms with Crippen molar-refractivity contribution in [2.75, 3.05) is 0 Å². The first kappa shape index (κ1) is 14.2. The van der Waals surface area contributed by atoms with Crippen LogP contribution in [0.4, 0.5) is 17.1 Å². The zero-order valence-corrected chi connectivity index (χ0v) is 12.1. The Bertz CT molecular complexity index is 893. The van der Waals surface area contributed by atoms with E-state index >= 15 is 0 Å². The number of nitro benzene ring substituents is 1. The molecule has 0 N–H and O–H groups in total. The molecule has 0 unspecified atom stereocenters. The van der Waals surface area contributed by atoms with Crippen molar-refractivity contribution in [2.24, 2.45) is 10.2 Å². The molecule has 0 heterocycles. The standard InChI is InChI=1S/C16H10ClN3O2/c17-13-9-10-14(12-6-2-1-5-11(12)13)18-19-15-7-3-4-8-16(15)20(21)22/h1-10H. The molecule has 0 saturated heterocycles. The molecule has 0 atom stereocenters. The van der Waals surface area contributed by atoms with Crippen molar-refractivity contribution < 1.29 is 4.92 Å². The SMILES string of the molecule is O=[N+]([O-])c1ccccc1N=Nc1ccc(Cl)c2ccccc12. The van der Waals surface area contributed by atoms with Crippen LogP contribution in [0.15, 0.2) is 70.9 Å². The first-order chi connectivity index (χ1) is 10.7. The Morgan fingerprint density at radius 3 is 2.23 bits per heavy atom. The van der Waals surface area contributed by atoms with Gasteiger partial charge in [0, 0.05) is 21.9 Å². The number of hydrogen-bond acceptors (Lipinski definition) is 4. The summed E-state index contributed by atoms with van der Waals surface area (Å²) in [5.41, 5.74) is 0.745. The van der Waals surface area contributed by atoms with Crippen molar-refractivity contribution in [3.05, 3.63) is 75.8 Å². The van der Waals surface area contributed by atoms with E-state index in [4.69, 9.17) is 11.6 Å². The van der Waals surface area contributed by atoms with Crippen molar-refractivity contribution in [1.82, 2.24) is 0 Å². The van der Waals surface area contributed by atoms with E-state index in [1.807, 2.05) is 24.3 Å². The zero-order chi connectivity index (χ0) is 15.5. The molecule has 6 heteroatoms. The Labute approximate surface area is 131 Å². The van der Waals surface area contributed by atoms with Gasteiger partial charge in [-0.3, -0.25) is 10.1 Å². The summed E-state index contributed by atoms with van der Waals surface area (Å²) >= 11 is 6.15. The van der Waals surface area contributed by atoms with Gasteiger partial charge in [0.15, 0.2) is 5.69 Å². The predicted molar refractivity (Wildman–Crippen MR) is 86.2 cm³/mol. The molecule has 0 bridgehead atoms. The maximum absolute atomic E-state index is 11.0. The Hall–Kier alpha value is -2.79. The molecule has 22 heavy (non-hydrogen) atoms. The largest absolute Gasteiger partial charge is 0.296 e. The molecule has 0 radical (unpaired) electrons. The lowest BCUT2D eigenvalue weighted by atomic mass is 10.1. The Morgan fingerprint density at radius 2 is 1.45 bits per heavy atom. The maximum atomic E-state index is 11.0. The van der Waals surface area contributed by atoms with Crippen LogP contribution in [0.2, 0.25) is 5.02 Å². The van der Waals surface area contributed by atoms with E-state index in [9.17, 15) is 10.1 Å². The number of azo groups is 1. The summed E-state index contributed by atoms with van der Waals surface area (Å²) in [6.45, 7) is 0. The third kappa shape index (κ3) is 2.66. The maximum Gasteiger partial charge on any atom is 0.296 e. The minimum atomic E-state index is -0.478. The number of benzene rings is 3.